The molecule has 0 saturated carbocycles. The summed E-state index contributed by atoms with van der Waals surface area (Å²) in [4.78, 5) is 16.4. The Morgan fingerprint density at radius 1 is 1.47 bits per heavy atom. The van der Waals surface area contributed by atoms with Gasteiger partial charge in [0.2, 0.25) is 0 Å². The van der Waals surface area contributed by atoms with Gasteiger partial charge in [-0.2, -0.15) is 11.8 Å². The van der Waals surface area contributed by atoms with Crippen molar-refractivity contribution in [2.45, 2.75) is 31.3 Å². The van der Waals surface area contributed by atoms with Crippen LogP contribution in [0.3, 0.4) is 0 Å². The van der Waals surface area contributed by atoms with Crippen molar-refractivity contribution in [1.82, 2.24) is 4.98 Å². The van der Waals surface area contributed by atoms with Gasteiger partial charge < -0.3 is 4.74 Å². The number of hydrogen-bond acceptors (Lipinski definition) is 4. The molecular weight excluding hydrogens is 258 g/mol. The third-order valence-corrected chi connectivity index (χ3v) is 5.37. The van der Waals surface area contributed by atoms with Crippen LogP contribution in [-0.4, -0.2) is 34.5 Å². The van der Waals surface area contributed by atoms with Crippen LogP contribution < -0.4 is 0 Å². The summed E-state index contributed by atoms with van der Waals surface area (Å²) in [5.41, 5.74) is 1.07. The molecule has 2 saturated heterocycles. The monoisotopic (exact) mass is 277 g/mol. The Morgan fingerprint density at radius 2 is 2.32 bits per heavy atom. The van der Waals surface area contributed by atoms with Crippen LogP contribution in [0.15, 0.2) is 24.5 Å². The zero-order valence-corrected chi connectivity index (χ0v) is 11.8. The van der Waals surface area contributed by atoms with Gasteiger partial charge in [-0.05, 0) is 42.7 Å². The van der Waals surface area contributed by atoms with E-state index in [1.807, 2.05) is 23.9 Å². The topological polar surface area (TPSA) is 39.2 Å². The van der Waals surface area contributed by atoms with Crippen LogP contribution in [0.25, 0.3) is 0 Å². The molecule has 2 aliphatic heterocycles. The van der Waals surface area contributed by atoms with E-state index in [2.05, 4.69) is 4.98 Å². The molecule has 0 aliphatic carbocycles. The maximum Gasteiger partial charge on any atom is 0.140 e. The van der Waals surface area contributed by atoms with E-state index in [4.69, 9.17) is 4.74 Å². The van der Waals surface area contributed by atoms with E-state index in [9.17, 15) is 4.79 Å². The number of rotatable bonds is 3. The fraction of sp³-hybridized carbons (Fsp3) is 0.600. The standard InChI is InChI=1S/C15H19NO2S/c17-14(9-12-1-5-16-6-2-12)13-3-7-18-15(10-13)4-8-19-11-15/h1-2,5-6,13H,3-4,7-11H2. The largest absolute Gasteiger partial charge is 0.374 e. The average Bonchev–Trinajstić information content (AvgIpc) is 2.88. The van der Waals surface area contributed by atoms with Crippen molar-refractivity contribution in [3.05, 3.63) is 30.1 Å². The second kappa shape index (κ2) is 5.63. The van der Waals surface area contributed by atoms with Gasteiger partial charge in [0.25, 0.3) is 0 Å². The molecule has 4 heteroatoms. The lowest BCUT2D eigenvalue weighted by molar-refractivity contribution is -0.133. The van der Waals surface area contributed by atoms with Gasteiger partial charge >= 0.3 is 0 Å². The third kappa shape index (κ3) is 3.00. The Hall–Kier alpha value is -0.870. The van der Waals surface area contributed by atoms with Gasteiger partial charge in [-0.25, -0.2) is 0 Å². The number of carbonyl (C=O) groups is 1. The van der Waals surface area contributed by atoms with E-state index in [-0.39, 0.29) is 11.5 Å². The fourth-order valence-electron chi connectivity index (χ4n) is 3.01. The van der Waals surface area contributed by atoms with Gasteiger partial charge in [-0.15, -0.1) is 0 Å². The Kier molecular flexibility index (Phi) is 3.89. The molecular formula is C15H19NO2S. The van der Waals surface area contributed by atoms with Crippen LogP contribution in [0.1, 0.15) is 24.8 Å². The maximum absolute atomic E-state index is 12.4. The molecule has 3 nitrogen and oxygen atoms in total. The zero-order valence-electron chi connectivity index (χ0n) is 11.0. The molecule has 1 aromatic rings. The van der Waals surface area contributed by atoms with Gasteiger partial charge in [0.05, 0.1) is 5.60 Å². The van der Waals surface area contributed by atoms with E-state index >= 15 is 0 Å². The number of hydrogen-bond donors (Lipinski definition) is 0. The second-order valence-electron chi connectivity index (χ2n) is 5.52. The summed E-state index contributed by atoms with van der Waals surface area (Å²) in [6, 6.07) is 3.86. The molecule has 0 N–H and O–H groups in total. The highest BCUT2D eigenvalue weighted by Gasteiger charge is 2.42. The highest BCUT2D eigenvalue weighted by atomic mass is 32.2. The van der Waals surface area contributed by atoms with Crippen LogP contribution in [-0.2, 0) is 16.0 Å². The maximum atomic E-state index is 12.4. The van der Waals surface area contributed by atoms with Crippen molar-refractivity contribution in [3.8, 4) is 0 Å². The van der Waals surface area contributed by atoms with Crippen molar-refractivity contribution in [2.75, 3.05) is 18.1 Å². The summed E-state index contributed by atoms with van der Waals surface area (Å²) < 4.78 is 5.97. The summed E-state index contributed by atoms with van der Waals surface area (Å²) in [7, 11) is 0. The SMILES string of the molecule is O=C(Cc1ccncc1)C1CCOC2(CCSC2)C1. The number of Topliss-reactive ketones (excluding diaryl/α,β-unsaturated/α-hetero) is 1. The predicted molar refractivity (Wildman–Crippen MR) is 76.3 cm³/mol. The van der Waals surface area contributed by atoms with E-state index < -0.39 is 0 Å². The highest BCUT2D eigenvalue weighted by Crippen LogP contribution is 2.40. The lowest BCUT2D eigenvalue weighted by Crippen LogP contribution is -2.42. The second-order valence-corrected chi connectivity index (χ2v) is 6.63. The molecule has 102 valence electrons. The number of thioether (sulfide) groups is 1. The van der Waals surface area contributed by atoms with Gasteiger partial charge in [0, 0.05) is 37.1 Å². The van der Waals surface area contributed by atoms with Crippen molar-refractivity contribution in [2.24, 2.45) is 5.92 Å². The van der Waals surface area contributed by atoms with Gasteiger partial charge in [-0.3, -0.25) is 9.78 Å². The summed E-state index contributed by atoms with van der Waals surface area (Å²) in [6.07, 6.45) is 6.96. The number of pyridine rings is 1. The van der Waals surface area contributed by atoms with E-state index in [1.54, 1.807) is 12.4 Å². The van der Waals surface area contributed by atoms with Crippen LogP contribution in [0, 0.1) is 5.92 Å². The number of carbonyl (C=O) groups excluding carboxylic acids is 1. The summed E-state index contributed by atoms with van der Waals surface area (Å²) in [6.45, 7) is 0.743. The molecule has 1 spiro atoms. The first-order chi connectivity index (χ1) is 9.27. The van der Waals surface area contributed by atoms with E-state index in [0.717, 1.165) is 37.2 Å². The Balaban J connectivity index is 1.63. The van der Waals surface area contributed by atoms with Crippen LogP contribution in [0.4, 0.5) is 0 Å². The first kappa shape index (κ1) is 13.1. The van der Waals surface area contributed by atoms with Crippen molar-refractivity contribution >= 4 is 17.5 Å². The third-order valence-electron chi connectivity index (χ3n) is 4.14. The summed E-state index contributed by atoms with van der Waals surface area (Å²) in [5.74, 6) is 2.78. The minimum Gasteiger partial charge on any atom is -0.374 e. The molecule has 3 heterocycles. The summed E-state index contributed by atoms with van der Waals surface area (Å²) in [5, 5.41) is 0. The first-order valence-electron chi connectivity index (χ1n) is 6.91. The lowest BCUT2D eigenvalue weighted by Gasteiger charge is -2.37. The van der Waals surface area contributed by atoms with Crippen molar-refractivity contribution < 1.29 is 9.53 Å². The molecule has 2 atom stereocenters. The lowest BCUT2D eigenvalue weighted by atomic mass is 9.81. The molecule has 0 radical (unpaired) electrons. The average molecular weight is 277 g/mol. The molecule has 2 unspecified atom stereocenters. The van der Waals surface area contributed by atoms with Crippen molar-refractivity contribution in [1.29, 1.82) is 0 Å². The molecule has 3 rings (SSSR count). The molecule has 2 aliphatic rings. The Bertz CT molecular complexity index is 443. The highest BCUT2D eigenvalue weighted by molar-refractivity contribution is 7.99. The van der Waals surface area contributed by atoms with Gasteiger partial charge in [0.1, 0.15) is 5.78 Å². The number of ether oxygens (including phenoxy) is 1. The van der Waals surface area contributed by atoms with E-state index in [0.29, 0.717) is 12.2 Å². The minimum absolute atomic E-state index is 0.00147. The number of aromatic nitrogens is 1. The Morgan fingerprint density at radius 3 is 3.05 bits per heavy atom. The normalized spacial score (nSPS) is 30.6. The molecule has 1 aromatic heterocycles. The predicted octanol–water partition coefficient (Wildman–Crippen LogP) is 2.50. The van der Waals surface area contributed by atoms with Gasteiger partial charge in [0.15, 0.2) is 0 Å². The van der Waals surface area contributed by atoms with Crippen LogP contribution in [0.2, 0.25) is 0 Å². The molecule has 0 bridgehead atoms. The molecule has 19 heavy (non-hydrogen) atoms. The zero-order chi connectivity index (χ0) is 13.1. The molecule has 2 fully saturated rings. The fourth-order valence-corrected chi connectivity index (χ4v) is 4.39. The van der Waals surface area contributed by atoms with E-state index in [1.165, 1.54) is 5.75 Å². The van der Waals surface area contributed by atoms with Crippen LogP contribution in [0.5, 0.6) is 0 Å². The number of nitrogens with zero attached hydrogens (tertiary/aromatic N) is 1. The quantitative estimate of drug-likeness (QED) is 0.851. The molecule has 0 aromatic carbocycles. The smallest absolute Gasteiger partial charge is 0.140 e. The van der Waals surface area contributed by atoms with Crippen LogP contribution >= 0.6 is 11.8 Å². The minimum atomic E-state index is 0.00147. The molecule has 0 amide bonds. The van der Waals surface area contributed by atoms with Crippen molar-refractivity contribution in [3.63, 3.8) is 0 Å². The Labute approximate surface area is 118 Å². The number of ketones is 1. The summed E-state index contributed by atoms with van der Waals surface area (Å²) >= 11 is 1.95. The van der Waals surface area contributed by atoms with Gasteiger partial charge in [-0.1, -0.05) is 0 Å². The first-order valence-corrected chi connectivity index (χ1v) is 8.06.